The third-order valence-corrected chi connectivity index (χ3v) is 11.3. The molecule has 59 heavy (non-hydrogen) atoms. The quantitative estimate of drug-likeness (QED) is 0.0995. The molecule has 1 saturated heterocycles. The molecular formula is C43H54N8O8. The Labute approximate surface area is 343 Å². The summed E-state index contributed by atoms with van der Waals surface area (Å²) in [6.07, 6.45) is 1.38. The topological polar surface area (TPSA) is 193 Å². The van der Waals surface area contributed by atoms with Crippen LogP contribution in [0.15, 0.2) is 60.8 Å². The number of aromatic nitrogens is 4. The Bertz CT molecular complexity index is 2310. The van der Waals surface area contributed by atoms with Crippen LogP contribution in [0.3, 0.4) is 0 Å². The van der Waals surface area contributed by atoms with Crippen LogP contribution in [0.4, 0.5) is 9.59 Å². The summed E-state index contributed by atoms with van der Waals surface area (Å²) in [4.78, 5) is 71.5. The van der Waals surface area contributed by atoms with Crippen LogP contribution in [0.5, 0.6) is 0 Å². The zero-order valence-electron chi connectivity index (χ0n) is 34.9. The summed E-state index contributed by atoms with van der Waals surface area (Å²) in [5.74, 6) is 0.729. The number of likely N-dealkylation sites (tertiary alicyclic amines) is 1. The molecule has 0 saturated carbocycles. The number of H-pyrrole nitrogens is 2. The van der Waals surface area contributed by atoms with Gasteiger partial charge in [-0.05, 0) is 86.2 Å². The molecule has 5 atom stereocenters. The number of aromatic amines is 2. The van der Waals surface area contributed by atoms with Crippen LogP contribution in [0, 0.1) is 0 Å². The number of benzene rings is 3. The molecule has 0 radical (unpaired) electrons. The van der Waals surface area contributed by atoms with Crippen LogP contribution in [0.1, 0.15) is 58.6 Å². The Morgan fingerprint density at radius 3 is 2.12 bits per heavy atom. The first-order valence-electron chi connectivity index (χ1n) is 19.8. The normalized spacial score (nSPS) is 17.3. The zero-order valence-corrected chi connectivity index (χ0v) is 34.9. The van der Waals surface area contributed by atoms with E-state index in [0.29, 0.717) is 37.6 Å². The summed E-state index contributed by atoms with van der Waals surface area (Å²) >= 11 is 0. The summed E-state index contributed by atoms with van der Waals surface area (Å²) < 4.78 is 20.4. The average Bonchev–Trinajstić information content (AvgIpc) is 4.02. The van der Waals surface area contributed by atoms with Crippen LogP contribution >= 0.6 is 0 Å². The molecule has 0 bridgehead atoms. The third kappa shape index (κ3) is 9.03. The van der Waals surface area contributed by atoms with Gasteiger partial charge in [-0.15, -0.1) is 0 Å². The van der Waals surface area contributed by atoms with Gasteiger partial charge in [0, 0.05) is 32.9 Å². The molecular weight excluding hydrogens is 757 g/mol. The number of hydrogen-bond acceptors (Lipinski definition) is 10. The van der Waals surface area contributed by atoms with Crippen molar-refractivity contribution in [2.24, 2.45) is 0 Å². The van der Waals surface area contributed by atoms with E-state index in [-0.39, 0.29) is 18.4 Å². The number of carbonyl (C=O) groups is 4. The Morgan fingerprint density at radius 2 is 1.46 bits per heavy atom. The number of amides is 4. The maximum Gasteiger partial charge on any atom is 0.407 e. The molecule has 1 unspecified atom stereocenters. The smallest absolute Gasteiger partial charge is 0.407 e. The Morgan fingerprint density at radius 1 is 0.847 bits per heavy atom. The molecule has 1 fully saturated rings. The van der Waals surface area contributed by atoms with Gasteiger partial charge in [0.25, 0.3) is 0 Å². The van der Waals surface area contributed by atoms with Gasteiger partial charge in [0.1, 0.15) is 23.7 Å². The van der Waals surface area contributed by atoms with E-state index in [2.05, 4.69) is 62.0 Å². The number of methoxy groups -OCH3 is 4. The Hall–Kier alpha value is -6.00. The second-order valence-electron chi connectivity index (χ2n) is 15.1. The second-order valence-corrected chi connectivity index (χ2v) is 15.1. The van der Waals surface area contributed by atoms with E-state index >= 15 is 0 Å². The molecule has 0 aliphatic carbocycles. The number of ether oxygens (including phenoxy) is 4. The van der Waals surface area contributed by atoms with Gasteiger partial charge < -0.3 is 49.3 Å². The fraction of sp³-hybridized carbons (Fsp3) is 0.442. The van der Waals surface area contributed by atoms with Crippen LogP contribution in [0.2, 0.25) is 0 Å². The standard InChI is InChI=1S/C43H54N8O8/c1-9-18-50(38(52)36(25(2)56-5)48-41(54)58-7)24-35-44-23-34(45-35)31-14-13-27-20-28(11-12-29(27)21-31)30-15-16-32-33(22-30)47-40(46-32)43(4)17-10-19-51(43)39(53)37(26(3)57-6)49-42(55)59-8/h11-16,20-23,25-26,36-37H,9-10,17-19,24H2,1-8H3,(H,44,45)(H,46,47)(H,48,54)(H,49,55)/t25-,26-,36+,37+,43?/m1/s1. The lowest BCUT2D eigenvalue weighted by Crippen LogP contribution is -2.57. The Kier molecular flexibility index (Phi) is 13.2. The van der Waals surface area contributed by atoms with E-state index < -0.39 is 42.0 Å². The molecule has 4 amide bonds. The number of nitrogens with one attached hydrogen (secondary N) is 4. The number of carbonyl (C=O) groups excluding carboxylic acids is 4. The highest BCUT2D eigenvalue weighted by atomic mass is 16.5. The number of alkyl carbamates (subject to hydrolysis) is 2. The van der Waals surface area contributed by atoms with Crippen LogP contribution < -0.4 is 10.6 Å². The lowest BCUT2D eigenvalue weighted by Gasteiger charge is -2.37. The van der Waals surface area contributed by atoms with Crippen molar-refractivity contribution in [3.05, 3.63) is 72.4 Å². The number of hydrogen-bond donors (Lipinski definition) is 4. The van der Waals surface area contributed by atoms with Crippen molar-refractivity contribution >= 4 is 45.8 Å². The van der Waals surface area contributed by atoms with E-state index in [1.165, 1.54) is 28.4 Å². The number of imidazole rings is 2. The summed E-state index contributed by atoms with van der Waals surface area (Å²) in [5, 5.41) is 7.35. The van der Waals surface area contributed by atoms with Gasteiger partial charge in [-0.2, -0.15) is 0 Å². The van der Waals surface area contributed by atoms with E-state index in [9.17, 15) is 19.2 Å². The first-order valence-corrected chi connectivity index (χ1v) is 19.8. The van der Waals surface area contributed by atoms with Crippen molar-refractivity contribution < 1.29 is 38.1 Å². The second kappa shape index (κ2) is 18.3. The van der Waals surface area contributed by atoms with Crippen molar-refractivity contribution in [2.75, 3.05) is 41.5 Å². The molecule has 1 aliphatic rings. The summed E-state index contributed by atoms with van der Waals surface area (Å²) in [6.45, 7) is 8.63. The van der Waals surface area contributed by atoms with Gasteiger partial charge >= 0.3 is 12.2 Å². The fourth-order valence-corrected chi connectivity index (χ4v) is 7.68. The molecule has 16 nitrogen and oxygen atoms in total. The van der Waals surface area contributed by atoms with Gasteiger partial charge in [0.2, 0.25) is 11.8 Å². The van der Waals surface area contributed by atoms with Gasteiger partial charge in [-0.3, -0.25) is 9.59 Å². The fourth-order valence-electron chi connectivity index (χ4n) is 7.68. The Balaban J connectivity index is 1.19. The summed E-state index contributed by atoms with van der Waals surface area (Å²) in [6, 6.07) is 16.8. The predicted octanol–water partition coefficient (Wildman–Crippen LogP) is 5.87. The molecule has 16 heteroatoms. The van der Waals surface area contributed by atoms with Crippen molar-refractivity contribution in [3.8, 4) is 22.4 Å². The van der Waals surface area contributed by atoms with E-state index in [1.54, 1.807) is 29.8 Å². The lowest BCUT2D eigenvalue weighted by molar-refractivity contribution is -0.141. The first-order chi connectivity index (χ1) is 28.3. The molecule has 2 aromatic heterocycles. The van der Waals surface area contributed by atoms with E-state index in [4.69, 9.17) is 23.9 Å². The summed E-state index contributed by atoms with van der Waals surface area (Å²) in [7, 11) is 5.49. The van der Waals surface area contributed by atoms with E-state index in [1.807, 2.05) is 32.0 Å². The highest BCUT2D eigenvalue weighted by Gasteiger charge is 2.46. The van der Waals surface area contributed by atoms with Crippen molar-refractivity contribution in [3.63, 3.8) is 0 Å². The van der Waals surface area contributed by atoms with Crippen LogP contribution in [-0.2, 0) is 40.6 Å². The SMILES string of the molecule is CCCN(Cc1ncc(-c2ccc3cc(-c4ccc5nc(C6(C)CCCN6C(=O)[C@@H](NC(=O)OC)[C@@H](C)OC)[nH]c5c4)ccc3c2)[nH]1)C(=O)[C@@H](NC(=O)OC)[C@@H](C)OC. The number of nitrogens with zero attached hydrogens (tertiary/aromatic N) is 4. The maximum absolute atomic E-state index is 13.9. The highest BCUT2D eigenvalue weighted by molar-refractivity contribution is 5.92. The van der Waals surface area contributed by atoms with Gasteiger partial charge in [0.15, 0.2) is 0 Å². The van der Waals surface area contributed by atoms with Crippen molar-refractivity contribution in [2.45, 2.75) is 83.3 Å². The molecule has 4 N–H and O–H groups in total. The van der Waals surface area contributed by atoms with Gasteiger partial charge in [0.05, 0.1) is 61.4 Å². The lowest BCUT2D eigenvalue weighted by atomic mass is 9.96. The molecule has 314 valence electrons. The molecule has 5 aromatic rings. The molecule has 3 aromatic carbocycles. The minimum atomic E-state index is -0.927. The largest absolute Gasteiger partial charge is 0.453 e. The maximum atomic E-state index is 13.9. The molecule has 6 rings (SSSR count). The molecule has 0 spiro atoms. The van der Waals surface area contributed by atoms with Crippen LogP contribution in [0.25, 0.3) is 44.2 Å². The minimum absolute atomic E-state index is 0.222. The molecule has 3 heterocycles. The molecule has 1 aliphatic heterocycles. The third-order valence-electron chi connectivity index (χ3n) is 11.3. The summed E-state index contributed by atoms with van der Waals surface area (Å²) in [5.41, 5.74) is 4.70. The number of fused-ring (bicyclic) bond motifs is 2. The highest BCUT2D eigenvalue weighted by Crippen LogP contribution is 2.39. The first kappa shape index (κ1) is 42.6. The van der Waals surface area contributed by atoms with Crippen LogP contribution in [-0.4, -0.2) is 120 Å². The van der Waals surface area contributed by atoms with Gasteiger partial charge in [-0.1, -0.05) is 37.3 Å². The van der Waals surface area contributed by atoms with Crippen molar-refractivity contribution in [1.29, 1.82) is 0 Å². The predicted molar refractivity (Wildman–Crippen MR) is 222 cm³/mol. The van der Waals surface area contributed by atoms with Gasteiger partial charge in [-0.25, -0.2) is 19.6 Å². The zero-order chi connectivity index (χ0) is 42.4. The van der Waals surface area contributed by atoms with Crippen molar-refractivity contribution in [1.82, 2.24) is 40.4 Å². The monoisotopic (exact) mass is 810 g/mol. The minimum Gasteiger partial charge on any atom is -0.453 e. The number of rotatable bonds is 15. The average molecular weight is 811 g/mol. The van der Waals surface area contributed by atoms with E-state index in [0.717, 1.165) is 50.6 Å².